The van der Waals surface area contributed by atoms with Crippen molar-refractivity contribution in [1.82, 2.24) is 14.6 Å². The van der Waals surface area contributed by atoms with Crippen molar-refractivity contribution in [3.8, 4) is 0 Å². The third kappa shape index (κ3) is 5.87. The molecule has 7 heteroatoms. The maximum absolute atomic E-state index is 13.0. The third-order valence-corrected chi connectivity index (χ3v) is 6.57. The summed E-state index contributed by atoms with van der Waals surface area (Å²) in [5.74, 6) is -0.203. The van der Waals surface area contributed by atoms with Gasteiger partial charge in [-0.15, -0.1) is 6.58 Å². The zero-order valence-electron chi connectivity index (χ0n) is 17.4. The average molecular weight is 436 g/mol. The molecule has 1 heterocycles. The van der Waals surface area contributed by atoms with Crippen LogP contribution in [0.25, 0.3) is 0 Å². The normalized spacial score (nSPS) is 11.3. The number of hydrogen-bond donors (Lipinski definition) is 1. The van der Waals surface area contributed by atoms with E-state index in [0.29, 0.717) is 12.1 Å². The third-order valence-electron chi connectivity index (χ3n) is 4.74. The molecule has 0 atom stereocenters. The number of sulfonamides is 1. The molecule has 0 saturated heterocycles. The van der Waals surface area contributed by atoms with Crippen LogP contribution in [-0.4, -0.2) is 30.2 Å². The molecule has 0 radical (unpaired) electrons. The highest BCUT2D eigenvalue weighted by Gasteiger charge is 2.23. The van der Waals surface area contributed by atoms with Crippen LogP contribution >= 0.6 is 0 Å². The van der Waals surface area contributed by atoms with E-state index < -0.39 is 10.0 Å². The van der Waals surface area contributed by atoms with Gasteiger partial charge in [0.05, 0.1) is 4.90 Å². The molecule has 3 aromatic rings. The number of nitrogens with zero attached hydrogens (tertiary/aromatic N) is 2. The van der Waals surface area contributed by atoms with Gasteiger partial charge in [-0.2, -0.15) is 4.31 Å². The second-order valence-corrected chi connectivity index (χ2v) is 9.08. The molecule has 0 spiro atoms. The maximum Gasteiger partial charge on any atom is 0.251 e. The van der Waals surface area contributed by atoms with E-state index in [4.69, 9.17) is 0 Å². The molecule has 31 heavy (non-hydrogen) atoms. The van der Waals surface area contributed by atoms with Crippen molar-refractivity contribution in [3.63, 3.8) is 0 Å². The fourth-order valence-electron chi connectivity index (χ4n) is 3.00. The van der Waals surface area contributed by atoms with Gasteiger partial charge in [-0.1, -0.05) is 42.0 Å². The largest absolute Gasteiger partial charge is 0.348 e. The predicted molar refractivity (Wildman–Crippen MR) is 121 cm³/mol. The number of nitrogens with one attached hydrogen (secondary N) is 1. The SMILES string of the molecule is C=CCN(Cc1ccc(C(=O)NCc2cccnc2)cc1)S(=O)(=O)c1ccc(C)cc1. The Balaban J connectivity index is 1.69. The lowest BCUT2D eigenvalue weighted by molar-refractivity contribution is 0.0951. The highest BCUT2D eigenvalue weighted by Crippen LogP contribution is 2.19. The van der Waals surface area contributed by atoms with Crippen molar-refractivity contribution < 1.29 is 13.2 Å². The summed E-state index contributed by atoms with van der Waals surface area (Å²) < 4.78 is 27.4. The molecule has 1 aromatic heterocycles. The van der Waals surface area contributed by atoms with E-state index in [1.165, 1.54) is 4.31 Å². The van der Waals surface area contributed by atoms with E-state index >= 15 is 0 Å². The van der Waals surface area contributed by atoms with Gasteiger partial charge in [0.1, 0.15) is 0 Å². The summed E-state index contributed by atoms with van der Waals surface area (Å²) in [4.78, 5) is 16.6. The van der Waals surface area contributed by atoms with Crippen LogP contribution < -0.4 is 5.32 Å². The van der Waals surface area contributed by atoms with Gasteiger partial charge in [0.25, 0.3) is 5.91 Å². The van der Waals surface area contributed by atoms with E-state index in [1.807, 2.05) is 19.1 Å². The quantitative estimate of drug-likeness (QED) is 0.520. The first-order chi connectivity index (χ1) is 14.9. The summed E-state index contributed by atoms with van der Waals surface area (Å²) in [7, 11) is -3.67. The number of benzene rings is 2. The molecule has 0 aliphatic carbocycles. The molecule has 6 nitrogen and oxygen atoms in total. The Hall–Kier alpha value is -3.29. The topological polar surface area (TPSA) is 79.4 Å². The van der Waals surface area contributed by atoms with Crippen molar-refractivity contribution in [1.29, 1.82) is 0 Å². The maximum atomic E-state index is 13.0. The fourth-order valence-corrected chi connectivity index (χ4v) is 4.40. The smallest absolute Gasteiger partial charge is 0.251 e. The molecule has 3 rings (SSSR count). The minimum Gasteiger partial charge on any atom is -0.348 e. The number of rotatable bonds is 9. The Kier molecular flexibility index (Phi) is 7.33. The molecule has 0 saturated carbocycles. The van der Waals surface area contributed by atoms with Gasteiger partial charge >= 0.3 is 0 Å². The molecule has 0 aliphatic heterocycles. The Morgan fingerprint density at radius 2 is 1.77 bits per heavy atom. The highest BCUT2D eigenvalue weighted by atomic mass is 32.2. The van der Waals surface area contributed by atoms with E-state index in [9.17, 15) is 13.2 Å². The number of amides is 1. The Morgan fingerprint density at radius 3 is 2.39 bits per heavy atom. The lowest BCUT2D eigenvalue weighted by Crippen LogP contribution is -2.31. The van der Waals surface area contributed by atoms with Crippen molar-refractivity contribution in [2.75, 3.05) is 6.54 Å². The number of carbonyl (C=O) groups is 1. The monoisotopic (exact) mass is 435 g/mol. The Morgan fingerprint density at radius 1 is 1.06 bits per heavy atom. The van der Waals surface area contributed by atoms with E-state index in [1.54, 1.807) is 67.0 Å². The second kappa shape index (κ2) is 10.1. The Bertz CT molecular complexity index is 1130. The number of aromatic nitrogens is 1. The molecule has 1 amide bonds. The first-order valence-electron chi connectivity index (χ1n) is 9.84. The summed E-state index contributed by atoms with van der Waals surface area (Å²) in [6.45, 7) is 6.34. The van der Waals surface area contributed by atoms with Crippen molar-refractivity contribution in [2.45, 2.75) is 24.9 Å². The fraction of sp³-hybridized carbons (Fsp3) is 0.167. The standard InChI is InChI=1S/C24H25N3O3S/c1-3-15-27(31(29,30)23-12-6-19(2)7-13-23)18-20-8-10-22(11-9-20)24(28)26-17-21-5-4-14-25-16-21/h3-14,16H,1,15,17-18H2,2H3,(H,26,28). The highest BCUT2D eigenvalue weighted by molar-refractivity contribution is 7.89. The summed E-state index contributed by atoms with van der Waals surface area (Å²) in [6.07, 6.45) is 4.94. The van der Waals surface area contributed by atoms with Crippen LogP contribution in [0.3, 0.4) is 0 Å². The minimum absolute atomic E-state index is 0.180. The summed E-state index contributed by atoms with van der Waals surface area (Å²) in [5, 5.41) is 2.85. The average Bonchev–Trinajstić information content (AvgIpc) is 2.78. The molecular formula is C24H25N3O3S. The molecule has 1 N–H and O–H groups in total. The van der Waals surface area contributed by atoms with Crippen LogP contribution in [0, 0.1) is 6.92 Å². The molecular weight excluding hydrogens is 410 g/mol. The zero-order chi connectivity index (χ0) is 22.3. The minimum atomic E-state index is -3.67. The van der Waals surface area contributed by atoms with Gasteiger partial charge in [0.15, 0.2) is 0 Å². The van der Waals surface area contributed by atoms with E-state index in [0.717, 1.165) is 16.7 Å². The zero-order valence-corrected chi connectivity index (χ0v) is 18.2. The van der Waals surface area contributed by atoms with Crippen molar-refractivity contribution >= 4 is 15.9 Å². The number of aryl methyl sites for hydroxylation is 1. The van der Waals surface area contributed by atoms with Crippen LogP contribution in [-0.2, 0) is 23.1 Å². The first-order valence-corrected chi connectivity index (χ1v) is 11.3. The van der Waals surface area contributed by atoms with Crippen LogP contribution in [0.4, 0.5) is 0 Å². The summed E-state index contributed by atoms with van der Waals surface area (Å²) in [5.41, 5.74) is 3.19. The predicted octanol–water partition coefficient (Wildman–Crippen LogP) is 3.70. The van der Waals surface area contributed by atoms with E-state index in [-0.39, 0.29) is 23.9 Å². The van der Waals surface area contributed by atoms with E-state index in [2.05, 4.69) is 16.9 Å². The number of hydrogen-bond acceptors (Lipinski definition) is 4. The second-order valence-electron chi connectivity index (χ2n) is 7.14. The number of carbonyl (C=O) groups excluding carboxylic acids is 1. The summed E-state index contributed by atoms with van der Waals surface area (Å²) >= 11 is 0. The Labute approximate surface area is 183 Å². The molecule has 0 unspecified atom stereocenters. The first kappa shape index (κ1) is 22.4. The lowest BCUT2D eigenvalue weighted by atomic mass is 10.1. The van der Waals surface area contributed by atoms with Crippen LogP contribution in [0.2, 0.25) is 0 Å². The van der Waals surface area contributed by atoms with Gasteiger partial charge in [-0.25, -0.2) is 8.42 Å². The molecule has 0 bridgehead atoms. The van der Waals surface area contributed by atoms with Crippen LogP contribution in [0.15, 0.2) is 90.6 Å². The van der Waals surface area contributed by atoms with Gasteiger partial charge in [0, 0.05) is 37.6 Å². The van der Waals surface area contributed by atoms with Crippen LogP contribution in [0.5, 0.6) is 0 Å². The molecule has 160 valence electrons. The van der Waals surface area contributed by atoms with Gasteiger partial charge in [-0.3, -0.25) is 9.78 Å². The van der Waals surface area contributed by atoms with Crippen molar-refractivity contribution in [2.24, 2.45) is 0 Å². The molecule has 0 aliphatic rings. The molecule has 0 fully saturated rings. The molecule has 2 aromatic carbocycles. The van der Waals surface area contributed by atoms with Gasteiger partial charge < -0.3 is 5.32 Å². The van der Waals surface area contributed by atoms with Gasteiger partial charge in [0.2, 0.25) is 10.0 Å². The lowest BCUT2D eigenvalue weighted by Gasteiger charge is -2.21. The van der Waals surface area contributed by atoms with Crippen LogP contribution in [0.1, 0.15) is 27.0 Å². The van der Waals surface area contributed by atoms with Gasteiger partial charge in [-0.05, 0) is 48.4 Å². The van der Waals surface area contributed by atoms with Crippen molar-refractivity contribution in [3.05, 3.63) is 108 Å². The summed E-state index contributed by atoms with van der Waals surface area (Å²) in [6, 6.07) is 17.4. The number of pyridine rings is 1.